The van der Waals surface area contributed by atoms with Crippen LogP contribution in [0.1, 0.15) is 40.0 Å². The number of hydrogen-bond donors (Lipinski definition) is 0. The van der Waals surface area contributed by atoms with E-state index in [0.717, 1.165) is 6.54 Å². The van der Waals surface area contributed by atoms with Crippen LogP contribution in [0.4, 0.5) is 0 Å². The van der Waals surface area contributed by atoms with Gasteiger partial charge in [-0.3, -0.25) is 4.57 Å². The second-order valence-corrected chi connectivity index (χ2v) is 7.61. The fourth-order valence-electron chi connectivity index (χ4n) is 2.50. The summed E-state index contributed by atoms with van der Waals surface area (Å²) in [7, 11) is 1.95. The lowest BCUT2D eigenvalue weighted by atomic mass is 9.82. The van der Waals surface area contributed by atoms with E-state index in [0.29, 0.717) is 11.5 Å². The summed E-state index contributed by atoms with van der Waals surface area (Å²) in [6.45, 7) is 8.08. The molecule has 1 unspecified atom stereocenters. The third kappa shape index (κ3) is 3.28. The van der Waals surface area contributed by atoms with Crippen LogP contribution in [0.5, 0.6) is 0 Å². The molecule has 0 amide bonds. The monoisotopic (exact) mass is 231 g/mol. The topological polar surface area (TPSA) is 21.7 Å². The largest absolute Gasteiger partial charge is 0.410 e. The van der Waals surface area contributed by atoms with Crippen molar-refractivity contribution in [2.24, 2.45) is 5.41 Å². The minimum absolute atomic E-state index is 0.322. The van der Waals surface area contributed by atoms with Gasteiger partial charge >= 0.3 is 9.45 Å². The highest BCUT2D eigenvalue weighted by Crippen LogP contribution is 2.32. The summed E-state index contributed by atoms with van der Waals surface area (Å²) in [5.74, 6) is 0. The molecule has 0 aromatic rings. The molecule has 90 valence electrons. The zero-order valence-corrected chi connectivity index (χ0v) is 11.9. The van der Waals surface area contributed by atoms with Gasteiger partial charge in [0, 0.05) is 20.3 Å². The van der Waals surface area contributed by atoms with Gasteiger partial charge in [-0.05, 0) is 24.8 Å². The average molecular weight is 231 g/mol. The first-order valence-corrected chi connectivity index (χ1v) is 7.28. The van der Waals surface area contributed by atoms with Gasteiger partial charge < -0.3 is 8.85 Å². The fraction of sp³-hybridized carbons (Fsp3) is 1.00. The van der Waals surface area contributed by atoms with Crippen LogP contribution in [0.2, 0.25) is 0 Å². The van der Waals surface area contributed by atoms with Crippen molar-refractivity contribution in [2.75, 3.05) is 20.8 Å². The average Bonchev–Trinajstić information content (AvgIpc) is 2.19. The SMILES string of the molecule is CO[SiH](OC)N1CCCCC1C(C)(C)C. The molecule has 3 nitrogen and oxygen atoms in total. The fourth-order valence-corrected chi connectivity index (χ4v) is 4.52. The highest BCUT2D eigenvalue weighted by Gasteiger charge is 2.37. The molecular weight excluding hydrogens is 206 g/mol. The van der Waals surface area contributed by atoms with Crippen molar-refractivity contribution in [1.29, 1.82) is 0 Å². The minimum Gasteiger partial charge on any atom is -0.388 e. The van der Waals surface area contributed by atoms with E-state index in [4.69, 9.17) is 8.85 Å². The van der Waals surface area contributed by atoms with Crippen molar-refractivity contribution < 1.29 is 8.85 Å². The molecule has 1 aliphatic rings. The maximum absolute atomic E-state index is 5.51. The number of piperidine rings is 1. The first-order chi connectivity index (χ1) is 7.00. The third-order valence-corrected chi connectivity index (χ3v) is 5.18. The van der Waals surface area contributed by atoms with Crippen molar-refractivity contribution in [1.82, 2.24) is 4.57 Å². The van der Waals surface area contributed by atoms with Crippen LogP contribution in [-0.2, 0) is 8.85 Å². The molecule has 1 rings (SSSR count). The summed E-state index contributed by atoms with van der Waals surface area (Å²) in [6.07, 6.45) is 3.90. The van der Waals surface area contributed by atoms with E-state index in [9.17, 15) is 0 Å². The second-order valence-electron chi connectivity index (χ2n) is 5.39. The van der Waals surface area contributed by atoms with Gasteiger partial charge in [0.25, 0.3) is 0 Å². The van der Waals surface area contributed by atoms with Crippen LogP contribution >= 0.6 is 0 Å². The Bertz CT molecular complexity index is 190. The summed E-state index contributed by atoms with van der Waals surface area (Å²) < 4.78 is 13.5. The number of nitrogens with zero attached hydrogens (tertiary/aromatic N) is 1. The third-order valence-electron chi connectivity index (χ3n) is 3.22. The number of rotatable bonds is 3. The molecule has 1 aliphatic heterocycles. The van der Waals surface area contributed by atoms with Gasteiger partial charge in [0.05, 0.1) is 0 Å². The highest BCUT2D eigenvalue weighted by atomic mass is 28.3. The van der Waals surface area contributed by atoms with Crippen LogP contribution in [0.25, 0.3) is 0 Å². The van der Waals surface area contributed by atoms with Gasteiger partial charge in [0.15, 0.2) is 0 Å². The van der Waals surface area contributed by atoms with E-state index in [1.807, 2.05) is 0 Å². The van der Waals surface area contributed by atoms with Gasteiger partial charge in [-0.2, -0.15) is 0 Å². The quantitative estimate of drug-likeness (QED) is 0.693. The normalized spacial score (nSPS) is 24.8. The Morgan fingerprint density at radius 3 is 2.20 bits per heavy atom. The van der Waals surface area contributed by atoms with Crippen LogP contribution in [0.3, 0.4) is 0 Å². The van der Waals surface area contributed by atoms with E-state index >= 15 is 0 Å². The van der Waals surface area contributed by atoms with Crippen molar-refractivity contribution in [3.8, 4) is 0 Å². The van der Waals surface area contributed by atoms with Crippen molar-refractivity contribution >= 4 is 9.45 Å². The maximum Gasteiger partial charge on any atom is 0.410 e. The van der Waals surface area contributed by atoms with Gasteiger partial charge in [-0.1, -0.05) is 27.2 Å². The van der Waals surface area contributed by atoms with E-state index in [1.165, 1.54) is 19.3 Å². The number of hydrogen-bond acceptors (Lipinski definition) is 3. The van der Waals surface area contributed by atoms with Crippen LogP contribution in [-0.4, -0.2) is 40.8 Å². The molecule has 1 atom stereocenters. The molecule has 1 saturated heterocycles. The van der Waals surface area contributed by atoms with Gasteiger partial charge in [0.1, 0.15) is 0 Å². The lowest BCUT2D eigenvalue weighted by molar-refractivity contribution is 0.0811. The molecule has 0 aromatic heterocycles. The predicted molar refractivity (Wildman–Crippen MR) is 65.0 cm³/mol. The molecule has 1 heterocycles. The van der Waals surface area contributed by atoms with E-state index in [2.05, 4.69) is 25.3 Å². The first kappa shape index (κ1) is 13.2. The summed E-state index contributed by atoms with van der Waals surface area (Å²) >= 11 is 0. The zero-order valence-electron chi connectivity index (χ0n) is 10.7. The Balaban J connectivity index is 2.73. The lowest BCUT2D eigenvalue weighted by Gasteiger charge is -2.45. The molecule has 1 fully saturated rings. The lowest BCUT2D eigenvalue weighted by Crippen LogP contribution is -2.55. The van der Waals surface area contributed by atoms with Gasteiger partial charge in [-0.15, -0.1) is 0 Å². The Hall–Kier alpha value is 0.0969. The molecule has 0 bridgehead atoms. The van der Waals surface area contributed by atoms with E-state index in [1.54, 1.807) is 14.2 Å². The first-order valence-electron chi connectivity index (χ1n) is 5.82. The molecular formula is C11H25NO2Si. The Labute approximate surface area is 95.7 Å². The second kappa shape index (κ2) is 5.43. The highest BCUT2D eigenvalue weighted by molar-refractivity contribution is 6.41. The van der Waals surface area contributed by atoms with E-state index in [-0.39, 0.29) is 0 Å². The zero-order chi connectivity index (χ0) is 11.5. The summed E-state index contributed by atoms with van der Waals surface area (Å²) in [5, 5.41) is 0. The Morgan fingerprint density at radius 1 is 1.13 bits per heavy atom. The molecule has 0 N–H and O–H groups in total. The van der Waals surface area contributed by atoms with E-state index < -0.39 is 9.45 Å². The molecule has 0 aliphatic carbocycles. The Morgan fingerprint density at radius 2 is 1.73 bits per heavy atom. The molecule has 4 heteroatoms. The smallest absolute Gasteiger partial charge is 0.388 e. The predicted octanol–water partition coefficient (Wildman–Crippen LogP) is 1.90. The molecule has 0 radical (unpaired) electrons. The van der Waals surface area contributed by atoms with Gasteiger partial charge in [-0.25, -0.2) is 0 Å². The van der Waals surface area contributed by atoms with Gasteiger partial charge in [0.2, 0.25) is 0 Å². The van der Waals surface area contributed by atoms with Crippen molar-refractivity contribution in [3.63, 3.8) is 0 Å². The minimum atomic E-state index is -1.60. The summed E-state index contributed by atoms with van der Waals surface area (Å²) in [6, 6.07) is 0.614. The van der Waals surface area contributed by atoms with Crippen molar-refractivity contribution in [2.45, 2.75) is 46.1 Å². The molecule has 15 heavy (non-hydrogen) atoms. The summed E-state index contributed by atoms with van der Waals surface area (Å²) in [4.78, 5) is 0. The Kier molecular flexibility index (Phi) is 4.77. The van der Waals surface area contributed by atoms with Crippen molar-refractivity contribution in [3.05, 3.63) is 0 Å². The standard InChI is InChI=1S/C11H25NO2Si/c1-11(2,3)10-8-6-7-9-12(10)15(13-4)14-5/h10,15H,6-9H2,1-5H3. The molecule has 0 saturated carbocycles. The maximum atomic E-state index is 5.51. The summed E-state index contributed by atoms with van der Waals surface area (Å²) in [5.41, 5.74) is 0.322. The molecule has 0 spiro atoms. The van der Waals surface area contributed by atoms with Crippen LogP contribution in [0, 0.1) is 5.41 Å². The van der Waals surface area contributed by atoms with Crippen LogP contribution in [0.15, 0.2) is 0 Å². The molecule has 0 aromatic carbocycles. The van der Waals surface area contributed by atoms with Crippen LogP contribution < -0.4 is 0 Å².